The second kappa shape index (κ2) is 4.65. The lowest BCUT2D eigenvalue weighted by Gasteiger charge is -2.05. The number of carbonyl (C=O) groups is 1. The first-order chi connectivity index (χ1) is 8.16. The van der Waals surface area contributed by atoms with E-state index < -0.39 is 5.97 Å². The molecule has 0 spiro atoms. The summed E-state index contributed by atoms with van der Waals surface area (Å²) in [4.78, 5) is 14.7. The van der Waals surface area contributed by atoms with Gasteiger partial charge in [0, 0.05) is 18.8 Å². The standard InChI is InChI=1S/C11H11N3O3/c1-14-6-9(5-13-14)17-7-8-3-2-4-12-10(8)11(15)16/h2-6H,7H2,1H3,(H,15,16). The van der Waals surface area contributed by atoms with E-state index in [4.69, 9.17) is 9.84 Å². The number of pyridine rings is 1. The van der Waals surface area contributed by atoms with Gasteiger partial charge in [-0.2, -0.15) is 5.10 Å². The van der Waals surface area contributed by atoms with Crippen LogP contribution in [0.15, 0.2) is 30.7 Å². The van der Waals surface area contributed by atoms with Gasteiger partial charge in [-0.1, -0.05) is 6.07 Å². The molecule has 0 fully saturated rings. The second-order valence-corrected chi connectivity index (χ2v) is 3.45. The zero-order chi connectivity index (χ0) is 12.3. The van der Waals surface area contributed by atoms with Gasteiger partial charge in [0.25, 0.3) is 0 Å². The molecular weight excluding hydrogens is 222 g/mol. The Bertz CT molecular complexity index is 536. The number of ether oxygens (including phenoxy) is 1. The second-order valence-electron chi connectivity index (χ2n) is 3.45. The van der Waals surface area contributed by atoms with E-state index in [0.717, 1.165) is 0 Å². The number of carboxylic acid groups (broad SMARTS) is 1. The normalized spacial score (nSPS) is 10.2. The van der Waals surface area contributed by atoms with E-state index in [9.17, 15) is 4.79 Å². The maximum Gasteiger partial charge on any atom is 0.354 e. The molecule has 6 heteroatoms. The minimum Gasteiger partial charge on any atom is -0.486 e. The number of hydrogen-bond acceptors (Lipinski definition) is 4. The summed E-state index contributed by atoms with van der Waals surface area (Å²) in [5, 5.41) is 12.9. The van der Waals surface area contributed by atoms with Crippen molar-refractivity contribution in [3.05, 3.63) is 42.0 Å². The molecule has 17 heavy (non-hydrogen) atoms. The zero-order valence-electron chi connectivity index (χ0n) is 9.20. The van der Waals surface area contributed by atoms with Crippen molar-refractivity contribution in [1.29, 1.82) is 0 Å². The molecule has 0 atom stereocenters. The summed E-state index contributed by atoms with van der Waals surface area (Å²) in [5.41, 5.74) is 0.542. The van der Waals surface area contributed by atoms with E-state index in [0.29, 0.717) is 11.3 Å². The number of aromatic carboxylic acids is 1. The van der Waals surface area contributed by atoms with E-state index in [2.05, 4.69) is 10.1 Å². The summed E-state index contributed by atoms with van der Waals surface area (Å²) in [6.07, 6.45) is 4.71. The zero-order valence-corrected chi connectivity index (χ0v) is 9.20. The Morgan fingerprint density at radius 2 is 2.41 bits per heavy atom. The first-order valence-corrected chi connectivity index (χ1v) is 4.95. The maximum absolute atomic E-state index is 10.9. The highest BCUT2D eigenvalue weighted by molar-refractivity contribution is 5.86. The highest BCUT2D eigenvalue weighted by Gasteiger charge is 2.11. The van der Waals surface area contributed by atoms with E-state index in [1.165, 1.54) is 6.20 Å². The van der Waals surface area contributed by atoms with Gasteiger partial charge in [0.1, 0.15) is 6.61 Å². The topological polar surface area (TPSA) is 77.2 Å². The van der Waals surface area contributed by atoms with Crippen LogP contribution in [0.25, 0.3) is 0 Å². The Hall–Kier alpha value is -2.37. The predicted molar refractivity (Wildman–Crippen MR) is 58.7 cm³/mol. The van der Waals surface area contributed by atoms with Gasteiger partial charge >= 0.3 is 5.97 Å². The van der Waals surface area contributed by atoms with E-state index in [1.54, 1.807) is 36.3 Å². The first kappa shape index (κ1) is 11.1. The molecule has 0 amide bonds. The Kier molecular flexibility index (Phi) is 3.04. The van der Waals surface area contributed by atoms with Crippen molar-refractivity contribution in [3.8, 4) is 5.75 Å². The molecule has 2 aromatic rings. The van der Waals surface area contributed by atoms with Crippen LogP contribution in [0.4, 0.5) is 0 Å². The summed E-state index contributed by atoms with van der Waals surface area (Å²) in [5.74, 6) is -0.469. The molecular formula is C11H11N3O3. The van der Waals surface area contributed by atoms with Crippen LogP contribution in [0.1, 0.15) is 16.1 Å². The fourth-order valence-electron chi connectivity index (χ4n) is 1.38. The summed E-state index contributed by atoms with van der Waals surface area (Å²) in [6.45, 7) is 0.154. The molecule has 6 nitrogen and oxygen atoms in total. The minimum atomic E-state index is -1.06. The highest BCUT2D eigenvalue weighted by atomic mass is 16.5. The Labute approximate surface area is 97.5 Å². The minimum absolute atomic E-state index is 0.0105. The predicted octanol–water partition coefficient (Wildman–Crippen LogP) is 1.09. The largest absolute Gasteiger partial charge is 0.486 e. The fourth-order valence-corrected chi connectivity index (χ4v) is 1.38. The van der Waals surface area contributed by atoms with Gasteiger partial charge in [0.05, 0.1) is 12.4 Å². The molecule has 1 N–H and O–H groups in total. The maximum atomic E-state index is 10.9. The quantitative estimate of drug-likeness (QED) is 0.855. The molecule has 0 radical (unpaired) electrons. The van der Waals surface area contributed by atoms with Crippen LogP contribution in [0.5, 0.6) is 5.75 Å². The van der Waals surface area contributed by atoms with Crippen molar-refractivity contribution in [1.82, 2.24) is 14.8 Å². The third-order valence-electron chi connectivity index (χ3n) is 2.17. The van der Waals surface area contributed by atoms with Crippen LogP contribution < -0.4 is 4.74 Å². The van der Waals surface area contributed by atoms with Gasteiger partial charge in [-0.3, -0.25) is 4.68 Å². The van der Waals surface area contributed by atoms with Crippen molar-refractivity contribution in [3.63, 3.8) is 0 Å². The monoisotopic (exact) mass is 233 g/mol. The van der Waals surface area contributed by atoms with Gasteiger partial charge in [-0.05, 0) is 6.07 Å². The van der Waals surface area contributed by atoms with Crippen molar-refractivity contribution >= 4 is 5.97 Å². The number of aromatic nitrogens is 3. The number of nitrogens with zero attached hydrogens (tertiary/aromatic N) is 3. The van der Waals surface area contributed by atoms with Crippen LogP contribution in [-0.2, 0) is 13.7 Å². The molecule has 0 aromatic carbocycles. The number of carboxylic acids is 1. The van der Waals surface area contributed by atoms with Gasteiger partial charge in [0.2, 0.25) is 0 Å². The molecule has 2 heterocycles. The summed E-state index contributed by atoms with van der Waals surface area (Å²) >= 11 is 0. The van der Waals surface area contributed by atoms with Gasteiger partial charge in [-0.25, -0.2) is 9.78 Å². The third kappa shape index (κ3) is 2.60. The summed E-state index contributed by atoms with van der Waals surface area (Å²) < 4.78 is 7.02. The van der Waals surface area contributed by atoms with Crippen LogP contribution in [0.2, 0.25) is 0 Å². The van der Waals surface area contributed by atoms with Crippen LogP contribution in [0.3, 0.4) is 0 Å². The van der Waals surface area contributed by atoms with Crippen LogP contribution >= 0.6 is 0 Å². The lowest BCUT2D eigenvalue weighted by Crippen LogP contribution is -2.07. The molecule has 0 saturated carbocycles. The molecule has 0 saturated heterocycles. The lowest BCUT2D eigenvalue weighted by molar-refractivity contribution is 0.0687. The average molecular weight is 233 g/mol. The van der Waals surface area contributed by atoms with Crippen molar-refractivity contribution in [2.24, 2.45) is 7.05 Å². The van der Waals surface area contributed by atoms with Crippen LogP contribution in [-0.4, -0.2) is 25.8 Å². The Balaban J connectivity index is 2.11. The van der Waals surface area contributed by atoms with Crippen molar-refractivity contribution in [2.45, 2.75) is 6.61 Å². The Morgan fingerprint density at radius 1 is 1.59 bits per heavy atom. The molecule has 0 aliphatic heterocycles. The van der Waals surface area contributed by atoms with Crippen molar-refractivity contribution < 1.29 is 14.6 Å². The van der Waals surface area contributed by atoms with E-state index in [1.807, 2.05) is 0 Å². The van der Waals surface area contributed by atoms with E-state index in [-0.39, 0.29) is 12.3 Å². The Morgan fingerprint density at radius 3 is 3.06 bits per heavy atom. The average Bonchev–Trinajstić information content (AvgIpc) is 2.73. The number of rotatable bonds is 4. The van der Waals surface area contributed by atoms with Crippen LogP contribution in [0, 0.1) is 0 Å². The number of hydrogen-bond donors (Lipinski definition) is 1. The molecule has 0 aliphatic carbocycles. The highest BCUT2D eigenvalue weighted by Crippen LogP contribution is 2.12. The first-order valence-electron chi connectivity index (χ1n) is 4.95. The summed E-state index contributed by atoms with van der Waals surface area (Å²) in [7, 11) is 1.78. The SMILES string of the molecule is Cn1cc(OCc2cccnc2C(=O)O)cn1. The third-order valence-corrected chi connectivity index (χ3v) is 2.17. The van der Waals surface area contributed by atoms with E-state index >= 15 is 0 Å². The van der Waals surface area contributed by atoms with Gasteiger partial charge in [-0.15, -0.1) is 0 Å². The number of aryl methyl sites for hydroxylation is 1. The van der Waals surface area contributed by atoms with Gasteiger partial charge < -0.3 is 9.84 Å². The molecule has 0 bridgehead atoms. The van der Waals surface area contributed by atoms with Crippen molar-refractivity contribution in [2.75, 3.05) is 0 Å². The fraction of sp³-hybridized carbons (Fsp3) is 0.182. The smallest absolute Gasteiger partial charge is 0.354 e. The molecule has 88 valence electrons. The van der Waals surface area contributed by atoms with Gasteiger partial charge in [0.15, 0.2) is 11.4 Å². The lowest BCUT2D eigenvalue weighted by atomic mass is 10.2. The molecule has 0 unspecified atom stereocenters. The molecule has 2 aromatic heterocycles. The molecule has 2 rings (SSSR count). The molecule has 0 aliphatic rings. The summed E-state index contributed by atoms with van der Waals surface area (Å²) in [6, 6.07) is 3.35.